The molecule has 0 saturated heterocycles. The van der Waals surface area contributed by atoms with Crippen molar-refractivity contribution in [1.82, 2.24) is 25.4 Å². The van der Waals surface area contributed by atoms with E-state index in [4.69, 9.17) is 5.10 Å². The van der Waals surface area contributed by atoms with Crippen LogP contribution in [-0.4, -0.2) is 31.8 Å². The number of hydrogen-bond donors (Lipinski definition) is 5. The van der Waals surface area contributed by atoms with Crippen LogP contribution in [0.25, 0.3) is 16.9 Å². The number of nitrogens with one attached hydrogen (secondary N) is 4. The molecule has 3 heterocycles. The van der Waals surface area contributed by atoms with Gasteiger partial charge in [0.05, 0.1) is 18.0 Å². The third kappa shape index (κ3) is 4.23. The molecule has 1 aliphatic heterocycles. The van der Waals surface area contributed by atoms with E-state index in [0.717, 1.165) is 11.3 Å². The average molecular weight is 468 g/mol. The quantitative estimate of drug-likeness (QED) is 0.283. The number of anilines is 2. The van der Waals surface area contributed by atoms with Crippen LogP contribution in [0.4, 0.5) is 11.4 Å². The third-order valence-corrected chi connectivity index (χ3v) is 6.36. The van der Waals surface area contributed by atoms with E-state index in [-0.39, 0.29) is 18.7 Å². The maximum atomic E-state index is 13.0. The molecule has 2 aromatic heterocycles. The summed E-state index contributed by atoms with van der Waals surface area (Å²) in [4.78, 5) is 17.4. The van der Waals surface area contributed by atoms with Crippen molar-refractivity contribution in [1.29, 1.82) is 0 Å². The zero-order valence-electron chi connectivity index (χ0n) is 18.9. The van der Waals surface area contributed by atoms with Gasteiger partial charge in [-0.15, -0.1) is 0 Å². The van der Waals surface area contributed by atoms with Gasteiger partial charge in [-0.3, -0.25) is 4.79 Å². The summed E-state index contributed by atoms with van der Waals surface area (Å²) in [5.41, 5.74) is 11.9. The number of nitrogens with zero attached hydrogens (tertiary/aromatic N) is 3. The first-order valence-corrected chi connectivity index (χ1v) is 11.6. The molecule has 4 aromatic rings. The minimum atomic E-state index is -0.254. The molecule has 1 fully saturated rings. The monoisotopic (exact) mass is 467 g/mol. The molecule has 0 radical (unpaired) electrons. The van der Waals surface area contributed by atoms with E-state index in [1.807, 2.05) is 54.7 Å². The van der Waals surface area contributed by atoms with Crippen LogP contribution in [0.2, 0.25) is 0 Å². The van der Waals surface area contributed by atoms with Gasteiger partial charge in [0.2, 0.25) is 0 Å². The van der Waals surface area contributed by atoms with Gasteiger partial charge < -0.3 is 21.2 Å². The second-order valence-electron chi connectivity index (χ2n) is 8.75. The predicted octanol–water partition coefficient (Wildman–Crippen LogP) is 3.38. The molecular formula is C26H25N7O2. The molecule has 176 valence electrons. The van der Waals surface area contributed by atoms with Gasteiger partial charge in [-0.25, -0.2) is 14.9 Å². The molecule has 1 unspecified atom stereocenters. The van der Waals surface area contributed by atoms with Gasteiger partial charge in [0.25, 0.3) is 5.91 Å². The number of hydrazine groups is 1. The van der Waals surface area contributed by atoms with E-state index in [2.05, 4.69) is 26.5 Å². The van der Waals surface area contributed by atoms with Crippen LogP contribution in [0, 0.1) is 0 Å². The van der Waals surface area contributed by atoms with Crippen molar-refractivity contribution in [2.75, 3.05) is 10.6 Å². The predicted molar refractivity (Wildman–Crippen MR) is 134 cm³/mol. The lowest BCUT2D eigenvalue weighted by molar-refractivity contribution is 0.102. The Morgan fingerprint density at radius 2 is 2.00 bits per heavy atom. The molecule has 1 amide bonds. The van der Waals surface area contributed by atoms with Crippen LogP contribution >= 0.6 is 0 Å². The van der Waals surface area contributed by atoms with E-state index < -0.39 is 0 Å². The summed E-state index contributed by atoms with van der Waals surface area (Å²) in [6.07, 6.45) is 9.56. The molecule has 5 N–H and O–H groups in total. The number of aliphatic hydroxyl groups excluding tert-OH is 1. The smallest absolute Gasteiger partial charge is 0.255 e. The van der Waals surface area contributed by atoms with Gasteiger partial charge in [-0.1, -0.05) is 24.3 Å². The fourth-order valence-electron chi connectivity index (χ4n) is 4.37. The summed E-state index contributed by atoms with van der Waals surface area (Å²) < 4.78 is 1.69. The van der Waals surface area contributed by atoms with Crippen LogP contribution in [0.1, 0.15) is 40.2 Å². The zero-order valence-corrected chi connectivity index (χ0v) is 18.9. The standard InChI is InChI=1S/C26H25N7O2/c34-15-20-19(22-14-23(29-24-10-11-28-31-24)25-27-12-13-33(25)32-22)2-1-3-21(20)30-26(35)18-8-6-17(7-9-18)16-4-5-16/h1-3,6-14,16,24,28-29,31,34H,4-5,15H2,(H,30,35). The van der Waals surface area contributed by atoms with E-state index in [1.54, 1.807) is 23.0 Å². The van der Waals surface area contributed by atoms with Crippen molar-refractivity contribution in [3.8, 4) is 11.3 Å². The average Bonchev–Trinajstić information content (AvgIpc) is 3.39. The number of amides is 1. The van der Waals surface area contributed by atoms with E-state index in [1.165, 1.54) is 18.4 Å². The molecule has 0 spiro atoms. The molecule has 6 rings (SSSR count). The minimum Gasteiger partial charge on any atom is -0.392 e. The van der Waals surface area contributed by atoms with Crippen LogP contribution in [0.15, 0.2) is 73.2 Å². The first-order valence-electron chi connectivity index (χ1n) is 11.6. The van der Waals surface area contributed by atoms with Crippen LogP contribution in [0.5, 0.6) is 0 Å². The fourth-order valence-corrected chi connectivity index (χ4v) is 4.37. The van der Waals surface area contributed by atoms with Gasteiger partial charge in [-0.2, -0.15) is 5.10 Å². The van der Waals surface area contributed by atoms with Gasteiger partial charge in [0.1, 0.15) is 6.17 Å². The van der Waals surface area contributed by atoms with Crippen molar-refractivity contribution in [2.24, 2.45) is 0 Å². The molecule has 0 bridgehead atoms. The van der Waals surface area contributed by atoms with E-state index in [9.17, 15) is 9.90 Å². The molecule has 1 atom stereocenters. The normalized spacial score (nSPS) is 16.9. The lowest BCUT2D eigenvalue weighted by Gasteiger charge is -2.17. The van der Waals surface area contributed by atoms with Gasteiger partial charge in [0, 0.05) is 41.0 Å². The summed E-state index contributed by atoms with van der Waals surface area (Å²) in [6, 6.07) is 15.2. The Hall–Kier alpha value is -4.21. The molecule has 1 aliphatic carbocycles. The summed E-state index contributed by atoms with van der Waals surface area (Å²) >= 11 is 0. The molecule has 1 saturated carbocycles. The minimum absolute atomic E-state index is 0.111. The van der Waals surface area contributed by atoms with Gasteiger partial charge in [-0.05, 0) is 54.7 Å². The Morgan fingerprint density at radius 3 is 2.74 bits per heavy atom. The topological polar surface area (TPSA) is 116 Å². The number of hydrogen-bond acceptors (Lipinski definition) is 7. The Bertz CT molecular complexity index is 1420. The summed E-state index contributed by atoms with van der Waals surface area (Å²) in [5.74, 6) is 0.424. The first kappa shape index (κ1) is 21.3. The molecule has 9 nitrogen and oxygen atoms in total. The zero-order chi connectivity index (χ0) is 23.8. The van der Waals surface area contributed by atoms with Crippen molar-refractivity contribution in [3.63, 3.8) is 0 Å². The van der Waals surface area contributed by atoms with Crippen LogP contribution < -0.4 is 21.5 Å². The van der Waals surface area contributed by atoms with Crippen molar-refractivity contribution >= 4 is 22.9 Å². The fraction of sp³-hybridized carbons (Fsp3) is 0.192. The van der Waals surface area contributed by atoms with Gasteiger partial charge in [0.15, 0.2) is 5.65 Å². The Labute approximate surface area is 201 Å². The maximum absolute atomic E-state index is 13.0. The summed E-state index contributed by atoms with van der Waals surface area (Å²) in [7, 11) is 0. The highest BCUT2D eigenvalue weighted by atomic mass is 16.3. The lowest BCUT2D eigenvalue weighted by atomic mass is 10.0. The Balaban J connectivity index is 1.32. The number of imidazole rings is 1. The number of benzene rings is 2. The van der Waals surface area contributed by atoms with Crippen molar-refractivity contribution < 1.29 is 9.90 Å². The molecule has 9 heteroatoms. The van der Waals surface area contributed by atoms with Crippen molar-refractivity contribution in [2.45, 2.75) is 31.5 Å². The molecule has 2 aromatic carbocycles. The lowest BCUT2D eigenvalue weighted by Crippen LogP contribution is -2.36. The van der Waals surface area contributed by atoms with E-state index >= 15 is 0 Å². The summed E-state index contributed by atoms with van der Waals surface area (Å²) in [6.45, 7) is -0.254. The second-order valence-corrected chi connectivity index (χ2v) is 8.75. The largest absolute Gasteiger partial charge is 0.392 e. The molecular weight excluding hydrogens is 442 g/mol. The van der Waals surface area contributed by atoms with Crippen molar-refractivity contribution in [3.05, 3.63) is 89.9 Å². The number of rotatable bonds is 7. The Kier molecular flexibility index (Phi) is 5.40. The highest BCUT2D eigenvalue weighted by Crippen LogP contribution is 2.40. The summed E-state index contributed by atoms with van der Waals surface area (Å²) in [5, 5.41) is 21.3. The SMILES string of the molecule is O=C(Nc1cccc(-c2cc(NC3C=CNN3)c3nccn3n2)c1CO)c1ccc(C2CC2)cc1. The highest BCUT2D eigenvalue weighted by Gasteiger charge is 2.23. The van der Waals surface area contributed by atoms with Gasteiger partial charge >= 0.3 is 0 Å². The molecule has 35 heavy (non-hydrogen) atoms. The Morgan fingerprint density at radius 1 is 1.14 bits per heavy atom. The first-order chi connectivity index (χ1) is 17.2. The highest BCUT2D eigenvalue weighted by molar-refractivity contribution is 6.05. The second kappa shape index (κ2) is 8.86. The van der Waals surface area contributed by atoms with Crippen LogP contribution in [0.3, 0.4) is 0 Å². The number of aliphatic hydroxyl groups is 1. The third-order valence-electron chi connectivity index (χ3n) is 6.36. The maximum Gasteiger partial charge on any atom is 0.255 e. The van der Waals surface area contributed by atoms with E-state index in [0.29, 0.717) is 34.1 Å². The number of carbonyl (C=O) groups excluding carboxylic acids is 1. The number of aromatic nitrogens is 3. The number of fused-ring (bicyclic) bond motifs is 1. The molecule has 2 aliphatic rings. The number of carbonyl (C=O) groups is 1. The van der Waals surface area contributed by atoms with Crippen LogP contribution in [-0.2, 0) is 6.61 Å².